The van der Waals surface area contributed by atoms with Crippen molar-refractivity contribution in [2.45, 2.75) is 25.4 Å². The van der Waals surface area contributed by atoms with Crippen LogP contribution in [-0.4, -0.2) is 22.9 Å². The van der Waals surface area contributed by atoms with Crippen molar-refractivity contribution in [3.8, 4) is 12.3 Å². The molecule has 0 saturated heterocycles. The smallest absolute Gasteiger partial charge is 0.0935 e. The molecule has 0 aromatic carbocycles. The summed E-state index contributed by atoms with van der Waals surface area (Å²) in [6.45, 7) is 3.57. The molecule has 1 rings (SSSR count). The van der Waals surface area contributed by atoms with Gasteiger partial charge in [0.05, 0.1) is 18.1 Å². The van der Waals surface area contributed by atoms with E-state index in [1.165, 1.54) is 0 Å². The van der Waals surface area contributed by atoms with Crippen LogP contribution in [0.3, 0.4) is 0 Å². The van der Waals surface area contributed by atoms with Crippen LogP contribution in [0.15, 0.2) is 12.2 Å². The van der Waals surface area contributed by atoms with Gasteiger partial charge in [0, 0.05) is 0 Å². The summed E-state index contributed by atoms with van der Waals surface area (Å²) in [5.41, 5.74) is -0.0248. The zero-order valence-electron chi connectivity index (χ0n) is 7.08. The van der Waals surface area contributed by atoms with Crippen LogP contribution in [0.1, 0.15) is 19.3 Å². The Hall–Kier alpha value is -0.780. The van der Waals surface area contributed by atoms with Crippen LogP contribution in [0.5, 0.6) is 0 Å². The van der Waals surface area contributed by atoms with Gasteiger partial charge in [-0.3, -0.25) is 0 Å². The van der Waals surface area contributed by atoms with Gasteiger partial charge >= 0.3 is 0 Å². The fourth-order valence-electron chi connectivity index (χ4n) is 1.66. The van der Waals surface area contributed by atoms with Gasteiger partial charge in [-0.25, -0.2) is 0 Å². The zero-order valence-corrected chi connectivity index (χ0v) is 7.08. The highest BCUT2D eigenvalue weighted by Gasteiger charge is 2.39. The second-order valence-electron chi connectivity index (χ2n) is 3.37. The van der Waals surface area contributed by atoms with Crippen molar-refractivity contribution in [2.24, 2.45) is 5.41 Å². The van der Waals surface area contributed by atoms with Gasteiger partial charge in [0.1, 0.15) is 0 Å². The number of aliphatic hydroxyl groups is 2. The molecule has 0 aromatic heterocycles. The Morgan fingerprint density at radius 2 is 2.42 bits per heavy atom. The number of hydrogen-bond acceptors (Lipinski definition) is 2. The molecular weight excluding hydrogens is 152 g/mol. The third-order valence-corrected chi connectivity index (χ3v) is 2.60. The molecule has 2 heteroatoms. The first kappa shape index (κ1) is 9.31. The largest absolute Gasteiger partial charge is 0.395 e. The normalized spacial score (nSPS) is 36.1. The molecular formula is C10H14O2. The highest BCUT2D eigenvalue weighted by molar-refractivity contribution is 5.22. The van der Waals surface area contributed by atoms with Gasteiger partial charge in [-0.2, -0.15) is 0 Å². The monoisotopic (exact) mass is 166 g/mol. The minimum atomic E-state index is -0.769. The summed E-state index contributed by atoms with van der Waals surface area (Å²) in [5, 5.41) is 18.8. The lowest BCUT2D eigenvalue weighted by atomic mass is 9.71. The first-order chi connectivity index (χ1) is 5.66. The molecule has 0 heterocycles. The molecule has 0 aromatic rings. The SMILES string of the molecule is C#C[C@@]1(CO)CCCC(=C)[C@H]1O. The van der Waals surface area contributed by atoms with Crippen molar-refractivity contribution in [1.29, 1.82) is 0 Å². The van der Waals surface area contributed by atoms with Crippen LogP contribution < -0.4 is 0 Å². The average Bonchev–Trinajstić information content (AvgIpc) is 2.11. The summed E-state index contributed by atoms with van der Waals surface area (Å²) in [7, 11) is 0. The molecule has 0 unspecified atom stereocenters. The van der Waals surface area contributed by atoms with Crippen molar-refractivity contribution >= 4 is 0 Å². The van der Waals surface area contributed by atoms with E-state index in [9.17, 15) is 5.11 Å². The van der Waals surface area contributed by atoms with E-state index in [0.29, 0.717) is 6.42 Å². The quantitative estimate of drug-likeness (QED) is 0.444. The van der Waals surface area contributed by atoms with E-state index >= 15 is 0 Å². The topological polar surface area (TPSA) is 40.5 Å². The fraction of sp³-hybridized carbons (Fsp3) is 0.600. The van der Waals surface area contributed by atoms with Crippen molar-refractivity contribution in [3.63, 3.8) is 0 Å². The maximum absolute atomic E-state index is 9.69. The first-order valence-corrected chi connectivity index (χ1v) is 4.10. The van der Waals surface area contributed by atoms with Crippen LogP contribution in [-0.2, 0) is 0 Å². The van der Waals surface area contributed by atoms with Gasteiger partial charge in [0.25, 0.3) is 0 Å². The lowest BCUT2D eigenvalue weighted by Gasteiger charge is -2.36. The Labute approximate surface area is 72.9 Å². The van der Waals surface area contributed by atoms with Crippen LogP contribution in [0.4, 0.5) is 0 Å². The van der Waals surface area contributed by atoms with E-state index in [2.05, 4.69) is 12.5 Å². The molecule has 1 aliphatic carbocycles. The van der Waals surface area contributed by atoms with E-state index in [1.807, 2.05) is 0 Å². The lowest BCUT2D eigenvalue weighted by molar-refractivity contribution is 0.0243. The summed E-state index contributed by atoms with van der Waals surface area (Å²) in [6, 6.07) is 0. The Balaban J connectivity index is 2.88. The van der Waals surface area contributed by atoms with Crippen LogP contribution in [0, 0.1) is 17.8 Å². The summed E-state index contributed by atoms with van der Waals surface area (Å²) in [6.07, 6.45) is 6.95. The summed E-state index contributed by atoms with van der Waals surface area (Å²) in [5.74, 6) is 2.49. The van der Waals surface area contributed by atoms with E-state index in [0.717, 1.165) is 18.4 Å². The minimum absolute atomic E-state index is 0.163. The van der Waals surface area contributed by atoms with Crippen LogP contribution >= 0.6 is 0 Å². The second-order valence-corrected chi connectivity index (χ2v) is 3.37. The van der Waals surface area contributed by atoms with E-state index < -0.39 is 11.5 Å². The highest BCUT2D eigenvalue weighted by Crippen LogP contribution is 2.37. The number of rotatable bonds is 1. The van der Waals surface area contributed by atoms with E-state index in [-0.39, 0.29) is 6.61 Å². The van der Waals surface area contributed by atoms with Crippen molar-refractivity contribution in [3.05, 3.63) is 12.2 Å². The first-order valence-electron chi connectivity index (χ1n) is 4.10. The third kappa shape index (κ3) is 1.26. The van der Waals surface area contributed by atoms with Crippen molar-refractivity contribution in [1.82, 2.24) is 0 Å². The second kappa shape index (κ2) is 3.30. The molecule has 1 aliphatic rings. The van der Waals surface area contributed by atoms with E-state index in [4.69, 9.17) is 11.5 Å². The molecule has 0 amide bonds. The van der Waals surface area contributed by atoms with Crippen molar-refractivity contribution in [2.75, 3.05) is 6.61 Å². The molecule has 0 radical (unpaired) electrons. The maximum Gasteiger partial charge on any atom is 0.0935 e. The van der Waals surface area contributed by atoms with Gasteiger partial charge in [-0.15, -0.1) is 6.42 Å². The van der Waals surface area contributed by atoms with E-state index in [1.54, 1.807) is 0 Å². The lowest BCUT2D eigenvalue weighted by Crippen LogP contribution is -2.41. The molecule has 12 heavy (non-hydrogen) atoms. The predicted molar refractivity (Wildman–Crippen MR) is 47.3 cm³/mol. The average molecular weight is 166 g/mol. The standard InChI is InChI=1S/C10H14O2/c1-3-10(7-11)6-4-5-8(2)9(10)12/h1,9,11-12H,2,4-7H2/t9-,10+/m1/s1. The number of terminal acetylenes is 1. The molecule has 0 aliphatic heterocycles. The Kier molecular flexibility index (Phi) is 2.56. The molecule has 2 atom stereocenters. The van der Waals surface area contributed by atoms with Gasteiger partial charge in [-0.1, -0.05) is 12.5 Å². The van der Waals surface area contributed by atoms with Gasteiger partial charge < -0.3 is 10.2 Å². The predicted octanol–water partition coefficient (Wildman–Crippen LogP) is 0.699. The number of aliphatic hydroxyl groups excluding tert-OH is 2. The molecule has 66 valence electrons. The van der Waals surface area contributed by atoms with Gasteiger partial charge in [0.2, 0.25) is 0 Å². The molecule has 0 bridgehead atoms. The van der Waals surface area contributed by atoms with Crippen LogP contribution in [0.25, 0.3) is 0 Å². The van der Waals surface area contributed by atoms with Crippen LogP contribution in [0.2, 0.25) is 0 Å². The molecule has 1 fully saturated rings. The highest BCUT2D eigenvalue weighted by atomic mass is 16.3. The maximum atomic E-state index is 9.69. The zero-order chi connectivity index (χ0) is 9.19. The summed E-state index contributed by atoms with van der Waals surface area (Å²) in [4.78, 5) is 0. The Bertz CT molecular complexity index is 226. The molecule has 0 spiro atoms. The molecule has 2 nitrogen and oxygen atoms in total. The Morgan fingerprint density at radius 1 is 1.75 bits per heavy atom. The summed E-state index contributed by atoms with van der Waals surface area (Å²) >= 11 is 0. The third-order valence-electron chi connectivity index (χ3n) is 2.60. The minimum Gasteiger partial charge on any atom is -0.395 e. The fourth-order valence-corrected chi connectivity index (χ4v) is 1.66. The van der Waals surface area contributed by atoms with Gasteiger partial charge in [0.15, 0.2) is 0 Å². The summed E-state index contributed by atoms with van der Waals surface area (Å²) < 4.78 is 0. The van der Waals surface area contributed by atoms with Gasteiger partial charge in [-0.05, 0) is 24.8 Å². The molecule has 1 saturated carbocycles. The Morgan fingerprint density at radius 3 is 2.83 bits per heavy atom. The van der Waals surface area contributed by atoms with Crippen molar-refractivity contribution < 1.29 is 10.2 Å². The molecule has 2 N–H and O–H groups in total. The number of hydrogen-bond donors (Lipinski definition) is 2.